The number of benzene rings is 2. The van der Waals surface area contributed by atoms with Crippen LogP contribution in [-0.2, 0) is 9.53 Å². The van der Waals surface area contributed by atoms with Crippen LogP contribution in [0.4, 0.5) is 10.1 Å². The second-order valence-electron chi connectivity index (χ2n) is 4.16. The van der Waals surface area contributed by atoms with E-state index in [-0.39, 0.29) is 5.82 Å². The number of nitrogens with one attached hydrogen (secondary N) is 1. The number of esters is 1. The Hall–Kier alpha value is -2.07. The number of carbonyl (C=O) groups excluding carboxylic acids is 1. The summed E-state index contributed by atoms with van der Waals surface area (Å²) in [6.07, 6.45) is 0. The molecule has 2 aromatic carbocycles. The van der Waals surface area contributed by atoms with E-state index in [0.717, 1.165) is 0 Å². The van der Waals surface area contributed by atoms with Crippen molar-refractivity contribution in [2.45, 2.75) is 6.04 Å². The molecule has 1 atom stereocenters. The molecule has 3 nitrogen and oxygen atoms in total. The average molecular weight is 294 g/mol. The molecule has 0 saturated heterocycles. The molecular formula is C15H13ClFNO2. The van der Waals surface area contributed by atoms with Crippen molar-refractivity contribution >= 4 is 23.3 Å². The molecule has 1 unspecified atom stereocenters. The van der Waals surface area contributed by atoms with Gasteiger partial charge in [0.2, 0.25) is 0 Å². The van der Waals surface area contributed by atoms with Crippen molar-refractivity contribution in [2.24, 2.45) is 0 Å². The summed E-state index contributed by atoms with van der Waals surface area (Å²) in [6.45, 7) is 0. The number of ether oxygens (including phenoxy) is 1. The molecule has 104 valence electrons. The molecule has 0 aliphatic heterocycles. The first kappa shape index (κ1) is 14.3. The fourth-order valence-electron chi connectivity index (χ4n) is 1.76. The Kier molecular flexibility index (Phi) is 4.58. The van der Waals surface area contributed by atoms with Gasteiger partial charge in [0.15, 0.2) is 6.04 Å². The molecule has 5 heteroatoms. The molecule has 0 spiro atoms. The van der Waals surface area contributed by atoms with Crippen molar-refractivity contribution in [1.82, 2.24) is 0 Å². The van der Waals surface area contributed by atoms with Crippen molar-refractivity contribution in [3.8, 4) is 0 Å². The van der Waals surface area contributed by atoms with Gasteiger partial charge in [0.25, 0.3) is 0 Å². The van der Waals surface area contributed by atoms with E-state index in [4.69, 9.17) is 16.3 Å². The fourth-order valence-corrected chi connectivity index (χ4v) is 1.89. The molecule has 1 N–H and O–H groups in total. The normalized spacial score (nSPS) is 11.8. The summed E-state index contributed by atoms with van der Waals surface area (Å²) in [4.78, 5) is 11.9. The Balaban J connectivity index is 2.26. The Labute approximate surface area is 121 Å². The van der Waals surface area contributed by atoms with E-state index in [2.05, 4.69) is 5.32 Å². The summed E-state index contributed by atoms with van der Waals surface area (Å²) in [7, 11) is 1.32. The third-order valence-corrected chi connectivity index (χ3v) is 3.05. The van der Waals surface area contributed by atoms with Gasteiger partial charge in [-0.1, -0.05) is 23.7 Å². The first-order chi connectivity index (χ1) is 9.60. The molecule has 0 heterocycles. The first-order valence-corrected chi connectivity index (χ1v) is 6.33. The maximum Gasteiger partial charge on any atom is 0.332 e. The second kappa shape index (κ2) is 6.39. The number of methoxy groups -OCH3 is 1. The molecule has 0 saturated carbocycles. The van der Waals surface area contributed by atoms with E-state index in [0.29, 0.717) is 16.3 Å². The van der Waals surface area contributed by atoms with Crippen LogP contribution in [0.5, 0.6) is 0 Å². The predicted molar refractivity (Wildman–Crippen MR) is 76.2 cm³/mol. The standard InChI is InChI=1S/C15H13ClFNO2/c1-20-15(19)14(10-2-4-11(16)5-3-10)18-13-8-6-12(17)7-9-13/h2-9,14,18H,1H3. The number of hydrogen-bond donors (Lipinski definition) is 1. The largest absolute Gasteiger partial charge is 0.467 e. The van der Waals surface area contributed by atoms with Gasteiger partial charge in [0.05, 0.1) is 7.11 Å². The van der Waals surface area contributed by atoms with Gasteiger partial charge >= 0.3 is 5.97 Å². The zero-order valence-corrected chi connectivity index (χ0v) is 11.5. The van der Waals surface area contributed by atoms with Crippen LogP contribution in [0.3, 0.4) is 0 Å². The summed E-state index contributed by atoms with van der Waals surface area (Å²) in [6, 6.07) is 11.9. The highest BCUT2D eigenvalue weighted by Crippen LogP contribution is 2.22. The smallest absolute Gasteiger partial charge is 0.332 e. The van der Waals surface area contributed by atoms with Gasteiger partial charge in [-0.25, -0.2) is 9.18 Å². The number of rotatable bonds is 4. The number of anilines is 1. The minimum absolute atomic E-state index is 0.336. The van der Waals surface area contributed by atoms with E-state index < -0.39 is 12.0 Å². The molecule has 0 aromatic heterocycles. The van der Waals surface area contributed by atoms with Gasteiger partial charge in [0.1, 0.15) is 5.82 Å². The molecule has 0 bridgehead atoms. The van der Waals surface area contributed by atoms with Crippen molar-refractivity contribution in [3.63, 3.8) is 0 Å². The first-order valence-electron chi connectivity index (χ1n) is 5.95. The lowest BCUT2D eigenvalue weighted by molar-refractivity contribution is -0.141. The summed E-state index contributed by atoms with van der Waals surface area (Å²) in [5.41, 5.74) is 1.34. The molecule has 0 radical (unpaired) electrons. The predicted octanol–water partition coefficient (Wildman–Crippen LogP) is 3.81. The second-order valence-corrected chi connectivity index (χ2v) is 4.60. The van der Waals surface area contributed by atoms with Gasteiger partial charge in [-0.15, -0.1) is 0 Å². The Bertz CT molecular complexity index is 584. The van der Waals surface area contributed by atoms with Crippen molar-refractivity contribution < 1.29 is 13.9 Å². The maximum atomic E-state index is 12.9. The van der Waals surface area contributed by atoms with Gasteiger partial charge in [-0.3, -0.25) is 0 Å². The van der Waals surface area contributed by atoms with Gasteiger partial charge in [-0.05, 0) is 42.0 Å². The SMILES string of the molecule is COC(=O)C(Nc1ccc(F)cc1)c1ccc(Cl)cc1. The number of carbonyl (C=O) groups is 1. The monoisotopic (exact) mass is 293 g/mol. The molecule has 20 heavy (non-hydrogen) atoms. The molecule has 0 fully saturated rings. The van der Waals surface area contributed by atoms with Gasteiger partial charge < -0.3 is 10.1 Å². The van der Waals surface area contributed by atoms with E-state index in [1.165, 1.54) is 19.2 Å². The Morgan fingerprint density at radius 1 is 1.15 bits per heavy atom. The molecule has 2 aromatic rings. The van der Waals surface area contributed by atoms with Crippen LogP contribution < -0.4 is 5.32 Å². The highest BCUT2D eigenvalue weighted by atomic mass is 35.5. The molecule has 0 aliphatic carbocycles. The summed E-state index contributed by atoms with van der Waals surface area (Å²) in [5.74, 6) is -0.770. The molecule has 0 amide bonds. The van der Waals surface area contributed by atoms with Gasteiger partial charge in [-0.2, -0.15) is 0 Å². The van der Waals surface area contributed by atoms with E-state index in [1.807, 2.05) is 0 Å². The van der Waals surface area contributed by atoms with Gasteiger partial charge in [0, 0.05) is 10.7 Å². The van der Waals surface area contributed by atoms with Crippen LogP contribution in [0.15, 0.2) is 48.5 Å². The highest BCUT2D eigenvalue weighted by Gasteiger charge is 2.21. The third kappa shape index (κ3) is 3.48. The topological polar surface area (TPSA) is 38.3 Å². The average Bonchev–Trinajstić information content (AvgIpc) is 2.47. The lowest BCUT2D eigenvalue weighted by atomic mass is 10.1. The summed E-state index contributed by atoms with van der Waals surface area (Å²) >= 11 is 5.83. The fraction of sp³-hybridized carbons (Fsp3) is 0.133. The lowest BCUT2D eigenvalue weighted by Gasteiger charge is -2.18. The van der Waals surface area contributed by atoms with Crippen LogP contribution in [0.2, 0.25) is 5.02 Å². The van der Waals surface area contributed by atoms with Crippen LogP contribution in [0.1, 0.15) is 11.6 Å². The Morgan fingerprint density at radius 2 is 1.75 bits per heavy atom. The minimum Gasteiger partial charge on any atom is -0.467 e. The zero-order valence-electron chi connectivity index (χ0n) is 10.8. The molecule has 2 rings (SSSR count). The van der Waals surface area contributed by atoms with E-state index in [9.17, 15) is 9.18 Å². The lowest BCUT2D eigenvalue weighted by Crippen LogP contribution is -2.22. The number of halogens is 2. The summed E-state index contributed by atoms with van der Waals surface area (Å²) in [5, 5.41) is 3.59. The van der Waals surface area contributed by atoms with Crippen LogP contribution in [-0.4, -0.2) is 13.1 Å². The van der Waals surface area contributed by atoms with Crippen LogP contribution in [0.25, 0.3) is 0 Å². The van der Waals surface area contributed by atoms with Crippen LogP contribution in [0, 0.1) is 5.82 Å². The minimum atomic E-state index is -0.678. The summed E-state index contributed by atoms with van der Waals surface area (Å²) < 4.78 is 17.7. The van der Waals surface area contributed by atoms with Crippen molar-refractivity contribution in [2.75, 3.05) is 12.4 Å². The third-order valence-electron chi connectivity index (χ3n) is 2.80. The van der Waals surface area contributed by atoms with Crippen molar-refractivity contribution in [3.05, 3.63) is 64.9 Å². The zero-order chi connectivity index (χ0) is 14.5. The number of hydrogen-bond acceptors (Lipinski definition) is 3. The Morgan fingerprint density at radius 3 is 2.30 bits per heavy atom. The quantitative estimate of drug-likeness (QED) is 0.871. The molecule has 0 aliphatic rings. The maximum absolute atomic E-state index is 12.9. The molecular weight excluding hydrogens is 281 g/mol. The van der Waals surface area contributed by atoms with Crippen LogP contribution >= 0.6 is 11.6 Å². The highest BCUT2D eigenvalue weighted by molar-refractivity contribution is 6.30. The van der Waals surface area contributed by atoms with E-state index in [1.54, 1.807) is 36.4 Å². The van der Waals surface area contributed by atoms with Crippen molar-refractivity contribution in [1.29, 1.82) is 0 Å². The van der Waals surface area contributed by atoms with E-state index >= 15 is 0 Å².